The van der Waals surface area contributed by atoms with Gasteiger partial charge in [0.25, 0.3) is 0 Å². The molecule has 0 bridgehead atoms. The summed E-state index contributed by atoms with van der Waals surface area (Å²) >= 11 is 0. The minimum atomic E-state index is -0.677. The maximum absolute atomic E-state index is 12.2. The molecule has 24 heavy (non-hydrogen) atoms. The number of hydrogen-bond acceptors (Lipinski definition) is 2. The Morgan fingerprint density at radius 3 is 1.96 bits per heavy atom. The van der Waals surface area contributed by atoms with E-state index in [1.165, 1.54) is 0 Å². The number of hydrogen-bond donors (Lipinski definition) is 2. The first-order valence-electron chi connectivity index (χ1n) is 7.97. The summed E-state index contributed by atoms with van der Waals surface area (Å²) in [6, 6.07) is 13.2. The zero-order valence-electron chi connectivity index (χ0n) is 14.9. The van der Waals surface area contributed by atoms with Gasteiger partial charge in [-0.2, -0.15) is 0 Å². The SMILES string of the molecule is Cc1cc(C)cc(NC(=O)C(=O)Nc2ccccc2C(C)(C)C)c1. The smallest absolute Gasteiger partial charge is 0.314 e. The molecule has 0 aromatic heterocycles. The summed E-state index contributed by atoms with van der Waals surface area (Å²) in [6.45, 7) is 10.1. The lowest BCUT2D eigenvalue weighted by Crippen LogP contribution is -2.30. The van der Waals surface area contributed by atoms with E-state index in [0.29, 0.717) is 11.4 Å². The number of anilines is 2. The van der Waals surface area contributed by atoms with E-state index in [9.17, 15) is 9.59 Å². The van der Waals surface area contributed by atoms with E-state index >= 15 is 0 Å². The topological polar surface area (TPSA) is 58.2 Å². The summed E-state index contributed by atoms with van der Waals surface area (Å²) in [4.78, 5) is 24.4. The van der Waals surface area contributed by atoms with Crippen molar-refractivity contribution in [3.8, 4) is 0 Å². The number of para-hydroxylation sites is 1. The van der Waals surface area contributed by atoms with Crippen LogP contribution >= 0.6 is 0 Å². The summed E-state index contributed by atoms with van der Waals surface area (Å²) in [7, 11) is 0. The Bertz CT molecular complexity index is 753. The molecule has 0 radical (unpaired) electrons. The third-order valence-electron chi connectivity index (χ3n) is 3.67. The molecule has 2 rings (SSSR count). The third-order valence-corrected chi connectivity index (χ3v) is 3.67. The van der Waals surface area contributed by atoms with Crippen LogP contribution in [0.2, 0.25) is 0 Å². The van der Waals surface area contributed by atoms with E-state index < -0.39 is 11.8 Å². The van der Waals surface area contributed by atoms with Gasteiger partial charge in [0, 0.05) is 11.4 Å². The molecule has 0 aliphatic carbocycles. The highest BCUT2D eigenvalue weighted by Crippen LogP contribution is 2.29. The normalized spacial score (nSPS) is 11.0. The van der Waals surface area contributed by atoms with Crippen molar-refractivity contribution in [2.75, 3.05) is 10.6 Å². The van der Waals surface area contributed by atoms with E-state index in [-0.39, 0.29) is 5.41 Å². The van der Waals surface area contributed by atoms with Gasteiger partial charge < -0.3 is 10.6 Å². The standard InChI is InChI=1S/C20H24N2O2/c1-13-10-14(2)12-15(11-13)21-18(23)19(24)22-17-9-7-6-8-16(17)20(3,4)5/h6-12H,1-5H3,(H,21,23)(H,22,24). The average Bonchev–Trinajstić information content (AvgIpc) is 2.45. The lowest BCUT2D eigenvalue weighted by Gasteiger charge is -2.22. The molecule has 2 amide bonds. The van der Waals surface area contributed by atoms with E-state index in [2.05, 4.69) is 31.4 Å². The summed E-state index contributed by atoms with van der Waals surface area (Å²) in [5, 5.41) is 5.37. The Morgan fingerprint density at radius 2 is 1.38 bits per heavy atom. The molecule has 4 heteroatoms. The Balaban J connectivity index is 2.14. The van der Waals surface area contributed by atoms with Crippen molar-refractivity contribution >= 4 is 23.2 Å². The highest BCUT2D eigenvalue weighted by Gasteiger charge is 2.21. The lowest BCUT2D eigenvalue weighted by atomic mass is 9.86. The van der Waals surface area contributed by atoms with Crippen LogP contribution < -0.4 is 10.6 Å². The third kappa shape index (κ3) is 4.44. The minimum Gasteiger partial charge on any atom is -0.318 e. The van der Waals surface area contributed by atoms with Gasteiger partial charge in [-0.1, -0.05) is 45.0 Å². The highest BCUT2D eigenvalue weighted by molar-refractivity contribution is 6.43. The van der Waals surface area contributed by atoms with E-state index in [1.807, 2.05) is 56.3 Å². The Kier molecular flexibility index (Phi) is 5.07. The van der Waals surface area contributed by atoms with Gasteiger partial charge in [-0.3, -0.25) is 9.59 Å². The van der Waals surface area contributed by atoms with Gasteiger partial charge in [0.05, 0.1) is 0 Å². The van der Waals surface area contributed by atoms with E-state index in [1.54, 1.807) is 0 Å². The molecule has 0 aliphatic heterocycles. The fourth-order valence-electron chi connectivity index (χ4n) is 2.66. The number of nitrogens with one attached hydrogen (secondary N) is 2. The number of benzene rings is 2. The summed E-state index contributed by atoms with van der Waals surface area (Å²) in [5.41, 5.74) is 4.20. The van der Waals surface area contributed by atoms with Gasteiger partial charge >= 0.3 is 11.8 Å². The first kappa shape index (κ1) is 17.7. The number of carbonyl (C=O) groups excluding carboxylic acids is 2. The zero-order chi connectivity index (χ0) is 17.9. The monoisotopic (exact) mass is 324 g/mol. The van der Waals surface area contributed by atoms with Crippen molar-refractivity contribution in [2.45, 2.75) is 40.0 Å². The molecule has 2 aromatic carbocycles. The lowest BCUT2D eigenvalue weighted by molar-refractivity contribution is -0.133. The van der Waals surface area contributed by atoms with Crippen LogP contribution in [0.1, 0.15) is 37.5 Å². The maximum Gasteiger partial charge on any atom is 0.314 e. The second kappa shape index (κ2) is 6.87. The highest BCUT2D eigenvalue weighted by atomic mass is 16.2. The van der Waals surface area contributed by atoms with Crippen LogP contribution in [0.4, 0.5) is 11.4 Å². The van der Waals surface area contributed by atoms with Crippen molar-refractivity contribution in [3.63, 3.8) is 0 Å². The first-order valence-corrected chi connectivity index (χ1v) is 7.97. The Hall–Kier alpha value is -2.62. The molecular formula is C20H24N2O2. The van der Waals surface area contributed by atoms with Crippen LogP contribution in [0.15, 0.2) is 42.5 Å². The summed E-state index contributed by atoms with van der Waals surface area (Å²) in [5.74, 6) is -1.35. The summed E-state index contributed by atoms with van der Waals surface area (Å²) in [6.07, 6.45) is 0. The molecule has 0 atom stereocenters. The molecule has 0 fully saturated rings. The predicted octanol–water partition coefficient (Wildman–Crippen LogP) is 4.18. The Morgan fingerprint density at radius 1 is 0.833 bits per heavy atom. The predicted molar refractivity (Wildman–Crippen MR) is 98.3 cm³/mol. The van der Waals surface area contributed by atoms with E-state index in [4.69, 9.17) is 0 Å². The van der Waals surface area contributed by atoms with Crippen LogP contribution in [-0.4, -0.2) is 11.8 Å². The number of carbonyl (C=O) groups is 2. The second-order valence-electron chi connectivity index (χ2n) is 7.08. The molecule has 2 N–H and O–H groups in total. The molecule has 0 spiro atoms. The van der Waals surface area contributed by atoms with Crippen LogP contribution in [0.5, 0.6) is 0 Å². The molecule has 4 nitrogen and oxygen atoms in total. The minimum absolute atomic E-state index is 0.131. The number of aryl methyl sites for hydroxylation is 2. The maximum atomic E-state index is 12.2. The van der Waals surface area contributed by atoms with Gasteiger partial charge in [0.2, 0.25) is 0 Å². The quantitative estimate of drug-likeness (QED) is 0.814. The molecule has 0 heterocycles. The molecule has 2 aromatic rings. The molecule has 0 saturated heterocycles. The number of amides is 2. The van der Waals surface area contributed by atoms with Crippen molar-refractivity contribution < 1.29 is 9.59 Å². The van der Waals surface area contributed by atoms with Crippen molar-refractivity contribution in [1.29, 1.82) is 0 Å². The van der Waals surface area contributed by atoms with Gasteiger partial charge in [-0.15, -0.1) is 0 Å². The van der Waals surface area contributed by atoms with Crippen molar-refractivity contribution in [3.05, 3.63) is 59.2 Å². The van der Waals surface area contributed by atoms with Gasteiger partial charge in [-0.25, -0.2) is 0 Å². The second-order valence-corrected chi connectivity index (χ2v) is 7.08. The van der Waals surface area contributed by atoms with Crippen LogP contribution in [0.25, 0.3) is 0 Å². The number of rotatable bonds is 2. The Labute approximate surface area is 143 Å². The van der Waals surface area contributed by atoms with Gasteiger partial charge in [0.15, 0.2) is 0 Å². The van der Waals surface area contributed by atoms with Crippen LogP contribution in [-0.2, 0) is 15.0 Å². The van der Waals surface area contributed by atoms with Crippen molar-refractivity contribution in [1.82, 2.24) is 0 Å². The molecular weight excluding hydrogens is 300 g/mol. The van der Waals surface area contributed by atoms with Crippen LogP contribution in [0, 0.1) is 13.8 Å². The van der Waals surface area contributed by atoms with E-state index in [0.717, 1.165) is 16.7 Å². The van der Waals surface area contributed by atoms with Gasteiger partial charge in [0.1, 0.15) is 0 Å². The fourth-order valence-corrected chi connectivity index (χ4v) is 2.66. The summed E-state index contributed by atoms with van der Waals surface area (Å²) < 4.78 is 0. The molecule has 126 valence electrons. The fraction of sp³-hybridized carbons (Fsp3) is 0.300. The first-order chi connectivity index (χ1) is 11.2. The van der Waals surface area contributed by atoms with Crippen molar-refractivity contribution in [2.24, 2.45) is 0 Å². The molecule has 0 unspecified atom stereocenters. The van der Waals surface area contributed by atoms with Gasteiger partial charge in [-0.05, 0) is 54.2 Å². The largest absolute Gasteiger partial charge is 0.318 e. The average molecular weight is 324 g/mol. The molecule has 0 aliphatic rings. The molecule has 0 saturated carbocycles. The zero-order valence-corrected chi connectivity index (χ0v) is 14.9. The van der Waals surface area contributed by atoms with Crippen LogP contribution in [0.3, 0.4) is 0 Å².